The molecule has 0 aliphatic rings. The number of nitrogens with zero attached hydrogens (tertiary/aromatic N) is 3. The summed E-state index contributed by atoms with van der Waals surface area (Å²) in [5.41, 5.74) is 1.96. The van der Waals surface area contributed by atoms with Crippen LogP contribution in [0.5, 0.6) is 0 Å². The number of esters is 1. The molecule has 0 fully saturated rings. The number of carbonyl (C=O) groups is 1. The number of hydrogen-bond donors (Lipinski definition) is 1. The molecule has 2 aromatic carbocycles. The molecule has 0 amide bonds. The molecule has 0 saturated heterocycles. The quantitative estimate of drug-likeness (QED) is 0.723. The van der Waals surface area contributed by atoms with E-state index in [0.29, 0.717) is 17.5 Å². The first-order valence-electron chi connectivity index (χ1n) is 7.44. The van der Waals surface area contributed by atoms with Gasteiger partial charge in [0.25, 0.3) is 0 Å². The van der Waals surface area contributed by atoms with Crippen molar-refractivity contribution < 1.29 is 13.9 Å². The number of nitriles is 1. The Balaban J connectivity index is 1.61. The summed E-state index contributed by atoms with van der Waals surface area (Å²) in [6.45, 7) is -0.106. The van der Waals surface area contributed by atoms with Crippen molar-refractivity contribution >= 4 is 5.97 Å². The first-order chi connectivity index (χ1) is 12.1. The van der Waals surface area contributed by atoms with Crippen LogP contribution in [0.25, 0.3) is 0 Å². The van der Waals surface area contributed by atoms with Gasteiger partial charge in [-0.1, -0.05) is 12.1 Å². The fraction of sp³-hybridized carbons (Fsp3) is 0.111. The second kappa shape index (κ2) is 7.36. The summed E-state index contributed by atoms with van der Waals surface area (Å²) in [7, 11) is 0. The summed E-state index contributed by atoms with van der Waals surface area (Å²) in [5.74, 6) is -0.328. The molecule has 0 aliphatic heterocycles. The Morgan fingerprint density at radius 1 is 1.20 bits per heavy atom. The van der Waals surface area contributed by atoms with Gasteiger partial charge in [0.2, 0.25) is 0 Å². The van der Waals surface area contributed by atoms with Crippen LogP contribution in [0.15, 0.2) is 48.8 Å². The molecule has 25 heavy (non-hydrogen) atoms. The van der Waals surface area contributed by atoms with Gasteiger partial charge in [-0.2, -0.15) is 10.4 Å². The van der Waals surface area contributed by atoms with E-state index in [4.69, 9.17) is 10.00 Å². The fourth-order valence-electron chi connectivity index (χ4n) is 2.30. The van der Waals surface area contributed by atoms with Crippen molar-refractivity contribution in [2.24, 2.45) is 0 Å². The molecule has 7 heteroatoms. The molecular weight excluding hydrogens is 323 g/mol. The number of carbonyl (C=O) groups excluding carboxylic acids is 1. The van der Waals surface area contributed by atoms with Crippen molar-refractivity contribution in [3.05, 3.63) is 82.7 Å². The van der Waals surface area contributed by atoms with Crippen LogP contribution in [0.3, 0.4) is 0 Å². The smallest absolute Gasteiger partial charge is 0.338 e. The Labute approximate surface area is 142 Å². The van der Waals surface area contributed by atoms with E-state index in [9.17, 15) is 9.18 Å². The maximum atomic E-state index is 13.4. The Bertz CT molecular complexity index is 915. The van der Waals surface area contributed by atoms with E-state index in [1.807, 2.05) is 6.07 Å². The molecule has 1 N–H and O–H groups in total. The summed E-state index contributed by atoms with van der Waals surface area (Å²) in [6, 6.07) is 12.6. The summed E-state index contributed by atoms with van der Waals surface area (Å²) in [6.07, 6.45) is 2.01. The average molecular weight is 336 g/mol. The van der Waals surface area contributed by atoms with Crippen LogP contribution in [0, 0.1) is 17.1 Å². The molecule has 1 heterocycles. The lowest BCUT2D eigenvalue weighted by molar-refractivity contribution is 0.0472. The maximum absolute atomic E-state index is 13.4. The minimum absolute atomic E-state index is 0.106. The monoisotopic (exact) mass is 336 g/mol. The molecule has 3 aromatic rings. The van der Waals surface area contributed by atoms with E-state index in [0.717, 1.165) is 17.5 Å². The number of halogens is 1. The van der Waals surface area contributed by atoms with E-state index in [1.54, 1.807) is 24.3 Å². The topological polar surface area (TPSA) is 91.7 Å². The van der Waals surface area contributed by atoms with Crippen LogP contribution in [-0.2, 0) is 17.8 Å². The molecule has 0 saturated carbocycles. The number of benzene rings is 2. The van der Waals surface area contributed by atoms with Crippen LogP contribution in [0.1, 0.15) is 32.9 Å². The summed E-state index contributed by atoms with van der Waals surface area (Å²) in [5, 5.41) is 15.4. The predicted molar refractivity (Wildman–Crippen MR) is 85.9 cm³/mol. The van der Waals surface area contributed by atoms with E-state index in [1.165, 1.54) is 18.5 Å². The highest BCUT2D eigenvalue weighted by Crippen LogP contribution is 2.13. The number of hydrogen-bond acceptors (Lipinski definition) is 5. The van der Waals surface area contributed by atoms with Gasteiger partial charge in [0, 0.05) is 6.42 Å². The van der Waals surface area contributed by atoms with Crippen molar-refractivity contribution in [2.75, 3.05) is 0 Å². The first kappa shape index (κ1) is 16.3. The average Bonchev–Trinajstić information content (AvgIpc) is 3.13. The molecule has 3 rings (SSSR count). The lowest BCUT2D eigenvalue weighted by atomic mass is 10.1. The van der Waals surface area contributed by atoms with Gasteiger partial charge in [0.05, 0.1) is 17.2 Å². The number of nitrogens with one attached hydrogen (secondary N) is 1. The molecule has 0 unspecified atom stereocenters. The standard InChI is InChI=1S/C18H13FN4O2/c19-16-6-13(9-20)5-14(7-16)10-25-18(24)15-3-1-12(2-4-15)8-17-21-11-22-23-17/h1-7,11H,8,10H2,(H,21,22,23). The second-order valence-corrected chi connectivity index (χ2v) is 5.34. The summed E-state index contributed by atoms with van der Waals surface area (Å²) in [4.78, 5) is 16.1. The summed E-state index contributed by atoms with van der Waals surface area (Å²) >= 11 is 0. The third-order valence-corrected chi connectivity index (χ3v) is 3.48. The highest BCUT2D eigenvalue weighted by molar-refractivity contribution is 5.89. The Kier molecular flexibility index (Phi) is 4.81. The predicted octanol–water partition coefficient (Wildman–Crippen LogP) is 2.76. The van der Waals surface area contributed by atoms with Crippen LogP contribution in [0.2, 0.25) is 0 Å². The number of H-pyrrole nitrogens is 1. The van der Waals surface area contributed by atoms with Crippen molar-refractivity contribution in [3.63, 3.8) is 0 Å². The molecule has 0 spiro atoms. The van der Waals surface area contributed by atoms with Gasteiger partial charge in [0.1, 0.15) is 24.6 Å². The Morgan fingerprint density at radius 2 is 2.00 bits per heavy atom. The van der Waals surface area contributed by atoms with Crippen LogP contribution < -0.4 is 0 Å². The van der Waals surface area contributed by atoms with Gasteiger partial charge in [-0.15, -0.1) is 0 Å². The Morgan fingerprint density at radius 3 is 2.68 bits per heavy atom. The normalized spacial score (nSPS) is 10.2. The lowest BCUT2D eigenvalue weighted by Crippen LogP contribution is -2.06. The van der Waals surface area contributed by atoms with Crippen molar-refractivity contribution in [1.29, 1.82) is 5.26 Å². The van der Waals surface area contributed by atoms with Crippen LogP contribution in [0.4, 0.5) is 4.39 Å². The molecule has 6 nitrogen and oxygen atoms in total. The van der Waals surface area contributed by atoms with E-state index in [-0.39, 0.29) is 12.2 Å². The van der Waals surface area contributed by atoms with Gasteiger partial charge in [-0.05, 0) is 41.5 Å². The molecule has 0 bridgehead atoms. The van der Waals surface area contributed by atoms with Gasteiger partial charge >= 0.3 is 5.97 Å². The molecule has 124 valence electrons. The van der Waals surface area contributed by atoms with Crippen molar-refractivity contribution in [3.8, 4) is 6.07 Å². The zero-order chi connectivity index (χ0) is 17.6. The minimum Gasteiger partial charge on any atom is -0.457 e. The van der Waals surface area contributed by atoms with E-state index < -0.39 is 11.8 Å². The Hall–Kier alpha value is -3.53. The number of aromatic amines is 1. The first-order valence-corrected chi connectivity index (χ1v) is 7.44. The highest BCUT2D eigenvalue weighted by atomic mass is 19.1. The third kappa shape index (κ3) is 4.26. The van der Waals surface area contributed by atoms with Crippen LogP contribution in [-0.4, -0.2) is 21.2 Å². The van der Waals surface area contributed by atoms with Crippen molar-refractivity contribution in [1.82, 2.24) is 15.2 Å². The number of ether oxygens (including phenoxy) is 1. The van der Waals surface area contributed by atoms with Gasteiger partial charge in [0.15, 0.2) is 0 Å². The molecule has 1 aromatic heterocycles. The largest absolute Gasteiger partial charge is 0.457 e. The lowest BCUT2D eigenvalue weighted by Gasteiger charge is -2.06. The zero-order valence-electron chi connectivity index (χ0n) is 13.1. The molecule has 0 radical (unpaired) electrons. The SMILES string of the molecule is N#Cc1cc(F)cc(COC(=O)c2ccc(Cc3ncn[nH]3)cc2)c1. The van der Waals surface area contributed by atoms with Gasteiger partial charge in [-0.25, -0.2) is 14.2 Å². The minimum atomic E-state index is -0.540. The van der Waals surface area contributed by atoms with Gasteiger partial charge < -0.3 is 4.74 Å². The van der Waals surface area contributed by atoms with Crippen LogP contribution >= 0.6 is 0 Å². The van der Waals surface area contributed by atoms with E-state index in [2.05, 4.69) is 15.2 Å². The molecule has 0 aliphatic carbocycles. The number of rotatable bonds is 5. The van der Waals surface area contributed by atoms with E-state index >= 15 is 0 Å². The fourth-order valence-corrected chi connectivity index (χ4v) is 2.30. The maximum Gasteiger partial charge on any atom is 0.338 e. The molecule has 0 atom stereocenters. The second-order valence-electron chi connectivity index (χ2n) is 5.34. The van der Waals surface area contributed by atoms with Gasteiger partial charge in [-0.3, -0.25) is 5.10 Å². The van der Waals surface area contributed by atoms with Crippen molar-refractivity contribution in [2.45, 2.75) is 13.0 Å². The zero-order valence-corrected chi connectivity index (χ0v) is 13.1. The molecular formula is C18H13FN4O2. The third-order valence-electron chi connectivity index (χ3n) is 3.48. The summed E-state index contributed by atoms with van der Waals surface area (Å²) < 4.78 is 18.5. The number of aromatic nitrogens is 3. The highest BCUT2D eigenvalue weighted by Gasteiger charge is 2.09.